The lowest BCUT2D eigenvalue weighted by Gasteiger charge is -2.11. The van der Waals surface area contributed by atoms with E-state index in [0.717, 1.165) is 53.2 Å². The molecule has 0 bridgehead atoms. The van der Waals surface area contributed by atoms with Gasteiger partial charge in [-0.15, -0.1) is 11.3 Å². The normalized spacial score (nSPS) is 13.9. The fourth-order valence-electron chi connectivity index (χ4n) is 3.74. The Morgan fingerprint density at radius 2 is 2.04 bits per heavy atom. The second kappa shape index (κ2) is 6.84. The molecule has 0 saturated carbocycles. The van der Waals surface area contributed by atoms with Crippen molar-refractivity contribution in [3.05, 3.63) is 23.1 Å². The molecule has 3 aromatic heterocycles. The largest absolute Gasteiger partial charge is 0.367 e. The number of thiophene rings is 1. The third kappa shape index (κ3) is 2.98. The number of rotatable bonds is 6. The van der Waals surface area contributed by atoms with Crippen molar-refractivity contribution in [3.63, 3.8) is 0 Å². The fraction of sp³-hybridized carbons (Fsp3) is 0.526. The van der Waals surface area contributed by atoms with Crippen LogP contribution in [0.5, 0.6) is 0 Å². The third-order valence-corrected chi connectivity index (χ3v) is 5.98. The summed E-state index contributed by atoms with van der Waals surface area (Å²) >= 11 is 1.74. The summed E-state index contributed by atoms with van der Waals surface area (Å²) in [5.74, 6) is 0.943. The maximum Gasteiger partial charge on any atom is 0.147 e. The Bertz CT molecular complexity index is 915. The number of aryl methyl sites for hydroxylation is 2. The molecule has 0 aliphatic heterocycles. The molecule has 6 heteroatoms. The van der Waals surface area contributed by atoms with E-state index in [0.29, 0.717) is 0 Å². The lowest BCUT2D eigenvalue weighted by Crippen LogP contribution is -2.21. The van der Waals surface area contributed by atoms with E-state index in [2.05, 4.69) is 41.2 Å². The van der Waals surface area contributed by atoms with Gasteiger partial charge in [-0.1, -0.05) is 13.3 Å². The van der Waals surface area contributed by atoms with Crippen molar-refractivity contribution in [1.82, 2.24) is 19.9 Å². The highest BCUT2D eigenvalue weighted by Crippen LogP contribution is 2.41. The lowest BCUT2D eigenvalue weighted by molar-refractivity contribution is 0.425. The Kier molecular flexibility index (Phi) is 4.56. The summed E-state index contributed by atoms with van der Waals surface area (Å²) in [4.78, 5) is 17.5. The van der Waals surface area contributed by atoms with Gasteiger partial charge in [-0.05, 0) is 50.9 Å². The summed E-state index contributed by atoms with van der Waals surface area (Å²) in [6.07, 6.45) is 7.48. The van der Waals surface area contributed by atoms with Crippen LogP contribution in [0, 0.1) is 0 Å². The lowest BCUT2D eigenvalue weighted by atomic mass is 10.0. The average Bonchev–Trinajstić information content (AvgIpc) is 3.19. The summed E-state index contributed by atoms with van der Waals surface area (Å²) in [7, 11) is 4.17. The zero-order valence-corrected chi connectivity index (χ0v) is 16.0. The maximum absolute atomic E-state index is 5.04. The molecule has 3 aromatic rings. The summed E-state index contributed by atoms with van der Waals surface area (Å²) in [6, 6.07) is 0. The van der Waals surface area contributed by atoms with Gasteiger partial charge in [0.2, 0.25) is 0 Å². The number of pyridine rings is 1. The highest BCUT2D eigenvalue weighted by Gasteiger charge is 2.23. The quantitative estimate of drug-likeness (QED) is 0.731. The molecule has 0 radical (unpaired) electrons. The van der Waals surface area contributed by atoms with Crippen LogP contribution in [-0.4, -0.2) is 47.0 Å². The standard InChI is InChI=1S/C19H25N5S/c1-4-6-14-12-7-5-8-13(12)15-16-17(25-19(15)23-14)18(22-11-21-16)20-9-10-24(2)3/h11H,4-10H2,1-3H3,(H,20,21,22). The van der Waals surface area contributed by atoms with Gasteiger partial charge in [-0.3, -0.25) is 0 Å². The summed E-state index contributed by atoms with van der Waals surface area (Å²) < 4.78 is 1.14. The van der Waals surface area contributed by atoms with Crippen LogP contribution in [-0.2, 0) is 19.3 Å². The molecule has 1 aliphatic carbocycles. The summed E-state index contributed by atoms with van der Waals surface area (Å²) in [5, 5.41) is 4.76. The van der Waals surface area contributed by atoms with Crippen molar-refractivity contribution in [2.75, 3.05) is 32.5 Å². The molecule has 1 aliphatic rings. The molecule has 0 amide bonds. The van der Waals surface area contributed by atoms with Gasteiger partial charge in [-0.2, -0.15) is 0 Å². The number of aromatic nitrogens is 3. The molecule has 0 unspecified atom stereocenters. The van der Waals surface area contributed by atoms with Gasteiger partial charge in [-0.25, -0.2) is 15.0 Å². The zero-order chi connectivity index (χ0) is 17.4. The highest BCUT2D eigenvalue weighted by atomic mass is 32.1. The van der Waals surface area contributed by atoms with Crippen molar-refractivity contribution in [1.29, 1.82) is 0 Å². The minimum Gasteiger partial charge on any atom is -0.367 e. The van der Waals surface area contributed by atoms with Crippen LogP contribution in [0.1, 0.15) is 36.6 Å². The molecule has 0 fully saturated rings. The van der Waals surface area contributed by atoms with E-state index >= 15 is 0 Å². The van der Waals surface area contributed by atoms with E-state index in [-0.39, 0.29) is 0 Å². The molecule has 0 spiro atoms. The smallest absolute Gasteiger partial charge is 0.147 e. The first-order valence-electron chi connectivity index (χ1n) is 9.15. The Morgan fingerprint density at radius 1 is 1.20 bits per heavy atom. The summed E-state index contributed by atoms with van der Waals surface area (Å²) in [6.45, 7) is 4.08. The van der Waals surface area contributed by atoms with E-state index in [4.69, 9.17) is 4.98 Å². The van der Waals surface area contributed by atoms with Crippen molar-refractivity contribution in [3.8, 4) is 0 Å². The highest BCUT2D eigenvalue weighted by molar-refractivity contribution is 7.26. The molecule has 5 nitrogen and oxygen atoms in total. The topological polar surface area (TPSA) is 53.9 Å². The number of nitrogens with zero attached hydrogens (tertiary/aromatic N) is 4. The van der Waals surface area contributed by atoms with E-state index in [9.17, 15) is 0 Å². The predicted molar refractivity (Wildman–Crippen MR) is 106 cm³/mol. The van der Waals surface area contributed by atoms with Crippen LogP contribution in [0.4, 0.5) is 5.82 Å². The van der Waals surface area contributed by atoms with Crippen LogP contribution in [0.3, 0.4) is 0 Å². The van der Waals surface area contributed by atoms with Gasteiger partial charge in [0.25, 0.3) is 0 Å². The number of hydrogen-bond acceptors (Lipinski definition) is 6. The van der Waals surface area contributed by atoms with Crippen molar-refractivity contribution < 1.29 is 0 Å². The first-order chi connectivity index (χ1) is 12.2. The molecule has 4 rings (SSSR count). The van der Waals surface area contributed by atoms with E-state index in [1.54, 1.807) is 17.7 Å². The van der Waals surface area contributed by atoms with Gasteiger partial charge in [0.05, 0.1) is 10.2 Å². The maximum atomic E-state index is 5.04. The van der Waals surface area contributed by atoms with Gasteiger partial charge >= 0.3 is 0 Å². The van der Waals surface area contributed by atoms with Crippen LogP contribution in [0.15, 0.2) is 6.33 Å². The second-order valence-electron chi connectivity index (χ2n) is 7.03. The second-order valence-corrected chi connectivity index (χ2v) is 8.03. The van der Waals surface area contributed by atoms with Gasteiger partial charge in [0.1, 0.15) is 17.0 Å². The Hall–Kier alpha value is -1.79. The van der Waals surface area contributed by atoms with E-state index in [1.807, 2.05) is 0 Å². The summed E-state index contributed by atoms with van der Waals surface area (Å²) in [5.41, 5.74) is 5.38. The molecule has 1 N–H and O–H groups in total. The van der Waals surface area contributed by atoms with Gasteiger partial charge < -0.3 is 10.2 Å². The minimum atomic E-state index is 0.875. The number of nitrogens with one attached hydrogen (secondary N) is 1. The molecule has 3 heterocycles. The minimum absolute atomic E-state index is 0.875. The SMILES string of the molecule is CCCc1nc2sc3c(NCCN(C)C)ncnc3c2c2c1CCC2. The van der Waals surface area contributed by atoms with E-state index in [1.165, 1.54) is 35.0 Å². The molecular weight excluding hydrogens is 330 g/mol. The predicted octanol–water partition coefficient (Wildman–Crippen LogP) is 3.65. The van der Waals surface area contributed by atoms with Crippen molar-refractivity contribution in [2.45, 2.75) is 39.0 Å². The average molecular weight is 356 g/mol. The third-order valence-electron chi connectivity index (χ3n) is 4.90. The molecule has 0 aromatic carbocycles. The molecular formula is C19H25N5S. The van der Waals surface area contributed by atoms with Crippen LogP contribution in [0.25, 0.3) is 20.4 Å². The fourth-order valence-corrected chi connectivity index (χ4v) is 4.89. The first-order valence-corrected chi connectivity index (χ1v) is 9.97. The van der Waals surface area contributed by atoms with Crippen molar-refractivity contribution in [2.24, 2.45) is 0 Å². The van der Waals surface area contributed by atoms with Crippen LogP contribution >= 0.6 is 11.3 Å². The number of fused-ring (bicyclic) bond motifs is 5. The molecule has 0 saturated heterocycles. The Balaban J connectivity index is 1.84. The zero-order valence-electron chi connectivity index (χ0n) is 15.2. The van der Waals surface area contributed by atoms with Gasteiger partial charge in [0, 0.05) is 24.2 Å². The Labute approximate surface area is 152 Å². The van der Waals surface area contributed by atoms with Crippen LogP contribution in [0.2, 0.25) is 0 Å². The number of hydrogen-bond donors (Lipinski definition) is 1. The molecule has 25 heavy (non-hydrogen) atoms. The first kappa shape index (κ1) is 16.7. The molecule has 132 valence electrons. The van der Waals surface area contributed by atoms with Gasteiger partial charge in [0.15, 0.2) is 0 Å². The van der Waals surface area contributed by atoms with Crippen LogP contribution < -0.4 is 5.32 Å². The molecule has 0 atom stereocenters. The van der Waals surface area contributed by atoms with Crippen molar-refractivity contribution >= 4 is 37.6 Å². The van der Waals surface area contributed by atoms with E-state index < -0.39 is 0 Å². The Morgan fingerprint density at radius 3 is 2.84 bits per heavy atom. The number of anilines is 1. The number of likely N-dealkylation sites (N-methyl/N-ethyl adjacent to an activating group) is 1. The monoisotopic (exact) mass is 355 g/mol.